The van der Waals surface area contributed by atoms with Gasteiger partial charge in [-0.3, -0.25) is 0 Å². The number of rotatable bonds is 0. The molecule has 1 N–H and O–H groups in total. The fourth-order valence-corrected chi connectivity index (χ4v) is 5.16. The third-order valence-electron chi connectivity index (χ3n) is 4.99. The van der Waals surface area contributed by atoms with E-state index in [4.69, 9.17) is 0 Å². The van der Waals surface area contributed by atoms with E-state index in [9.17, 15) is 0 Å². The zero-order chi connectivity index (χ0) is 15.7. The van der Waals surface area contributed by atoms with Crippen LogP contribution in [-0.4, -0.2) is 4.98 Å². The molecule has 1 nitrogen and oxygen atoms in total. The Bertz CT molecular complexity index is 1270. The fraction of sp³-hybridized carbons (Fsp3) is 0. The van der Waals surface area contributed by atoms with Crippen LogP contribution in [-0.2, 0) is 0 Å². The Morgan fingerprint density at radius 3 is 2.46 bits per heavy atom. The number of fused-ring (bicyclic) bond motifs is 6. The van der Waals surface area contributed by atoms with Crippen molar-refractivity contribution in [2.24, 2.45) is 0 Å². The molecule has 1 aliphatic rings. The van der Waals surface area contributed by atoms with Crippen molar-refractivity contribution in [3.63, 3.8) is 0 Å². The SMILES string of the molecule is c1cc2c3c(cccc3c1)-c1c(ccc3[nH]c4ccccc4c13)S2. The molecule has 0 amide bonds. The maximum absolute atomic E-state index is 3.57. The van der Waals surface area contributed by atoms with E-state index < -0.39 is 0 Å². The third-order valence-corrected chi connectivity index (χ3v) is 6.11. The minimum absolute atomic E-state index is 1.21. The van der Waals surface area contributed by atoms with E-state index in [0.717, 1.165) is 0 Å². The summed E-state index contributed by atoms with van der Waals surface area (Å²) in [6.07, 6.45) is 0. The van der Waals surface area contributed by atoms with Crippen molar-refractivity contribution in [3.05, 3.63) is 72.8 Å². The van der Waals surface area contributed by atoms with Gasteiger partial charge in [0.2, 0.25) is 0 Å². The van der Waals surface area contributed by atoms with Gasteiger partial charge in [0.15, 0.2) is 0 Å². The summed E-state index contributed by atoms with van der Waals surface area (Å²) in [5.41, 5.74) is 5.15. The number of benzene rings is 4. The molecule has 1 aromatic heterocycles. The first-order chi connectivity index (χ1) is 11.9. The summed E-state index contributed by atoms with van der Waals surface area (Å²) < 4.78 is 0. The van der Waals surface area contributed by atoms with Crippen molar-refractivity contribution >= 4 is 44.3 Å². The van der Waals surface area contributed by atoms with Gasteiger partial charge in [-0.1, -0.05) is 60.3 Å². The van der Waals surface area contributed by atoms with Crippen LogP contribution in [0, 0.1) is 0 Å². The highest BCUT2D eigenvalue weighted by molar-refractivity contribution is 7.99. The van der Waals surface area contributed by atoms with Gasteiger partial charge in [0.25, 0.3) is 0 Å². The number of hydrogen-bond donors (Lipinski definition) is 1. The van der Waals surface area contributed by atoms with E-state index in [1.54, 1.807) is 0 Å². The Labute approximate surface area is 143 Å². The highest BCUT2D eigenvalue weighted by atomic mass is 32.2. The van der Waals surface area contributed by atoms with Crippen molar-refractivity contribution < 1.29 is 0 Å². The van der Waals surface area contributed by atoms with Gasteiger partial charge in [0.1, 0.15) is 0 Å². The second-order valence-corrected chi connectivity index (χ2v) is 7.38. The van der Waals surface area contributed by atoms with E-state index in [1.165, 1.54) is 53.5 Å². The predicted octanol–water partition coefficient (Wildman–Crippen LogP) is 6.61. The van der Waals surface area contributed by atoms with Crippen molar-refractivity contribution in [1.29, 1.82) is 0 Å². The quantitative estimate of drug-likeness (QED) is 0.333. The molecule has 5 aromatic rings. The molecule has 2 heterocycles. The summed E-state index contributed by atoms with van der Waals surface area (Å²) >= 11 is 1.89. The molecule has 112 valence electrons. The fourth-order valence-electron chi connectivity index (χ4n) is 3.99. The second kappa shape index (κ2) is 4.43. The van der Waals surface area contributed by atoms with Crippen LogP contribution in [0.15, 0.2) is 82.6 Å². The topological polar surface area (TPSA) is 15.8 Å². The van der Waals surface area contributed by atoms with Gasteiger partial charge in [-0.2, -0.15) is 0 Å². The zero-order valence-electron chi connectivity index (χ0n) is 12.8. The summed E-state index contributed by atoms with van der Waals surface area (Å²) in [5, 5.41) is 5.36. The molecule has 0 fully saturated rings. The third kappa shape index (κ3) is 1.51. The molecule has 6 rings (SSSR count). The molecule has 0 atom stereocenters. The van der Waals surface area contributed by atoms with Crippen LogP contribution < -0.4 is 0 Å². The Balaban J connectivity index is 1.88. The minimum Gasteiger partial charge on any atom is -0.354 e. The largest absolute Gasteiger partial charge is 0.354 e. The Morgan fingerprint density at radius 2 is 1.50 bits per heavy atom. The molecule has 24 heavy (non-hydrogen) atoms. The lowest BCUT2D eigenvalue weighted by atomic mass is 9.94. The molecule has 0 bridgehead atoms. The van der Waals surface area contributed by atoms with Gasteiger partial charge in [0.05, 0.1) is 0 Å². The Hall–Kier alpha value is -2.71. The first-order valence-electron chi connectivity index (χ1n) is 8.13. The van der Waals surface area contributed by atoms with E-state index >= 15 is 0 Å². The molecule has 0 unspecified atom stereocenters. The van der Waals surface area contributed by atoms with Crippen LogP contribution in [0.5, 0.6) is 0 Å². The average Bonchev–Trinajstić information content (AvgIpc) is 3.01. The number of H-pyrrole nitrogens is 1. The molecule has 0 saturated heterocycles. The van der Waals surface area contributed by atoms with Crippen LogP contribution in [0.25, 0.3) is 43.7 Å². The highest BCUT2D eigenvalue weighted by Gasteiger charge is 2.22. The van der Waals surface area contributed by atoms with Gasteiger partial charge < -0.3 is 4.98 Å². The molecular formula is C22H13NS. The molecule has 0 spiro atoms. The number of nitrogens with one attached hydrogen (secondary N) is 1. The van der Waals surface area contributed by atoms with Crippen LogP contribution in [0.2, 0.25) is 0 Å². The summed E-state index contributed by atoms with van der Waals surface area (Å²) in [6, 6.07) is 26.3. The maximum Gasteiger partial charge on any atom is 0.0471 e. The molecule has 0 saturated carbocycles. The van der Waals surface area contributed by atoms with Crippen LogP contribution in [0.3, 0.4) is 0 Å². The highest BCUT2D eigenvalue weighted by Crippen LogP contribution is 2.51. The van der Waals surface area contributed by atoms with Crippen molar-refractivity contribution in [2.75, 3.05) is 0 Å². The first kappa shape index (κ1) is 12.7. The van der Waals surface area contributed by atoms with Gasteiger partial charge in [-0.05, 0) is 35.2 Å². The second-order valence-electron chi connectivity index (χ2n) is 6.29. The van der Waals surface area contributed by atoms with E-state index in [-0.39, 0.29) is 0 Å². The van der Waals surface area contributed by atoms with Crippen LogP contribution >= 0.6 is 11.8 Å². The van der Waals surface area contributed by atoms with E-state index in [1.807, 2.05) is 11.8 Å². The Kier molecular flexibility index (Phi) is 2.34. The zero-order valence-corrected chi connectivity index (χ0v) is 13.7. The average molecular weight is 323 g/mol. The van der Waals surface area contributed by atoms with Crippen LogP contribution in [0.1, 0.15) is 0 Å². The minimum atomic E-state index is 1.21. The molecular weight excluding hydrogens is 310 g/mol. The lowest BCUT2D eigenvalue weighted by molar-refractivity contribution is 1.42. The van der Waals surface area contributed by atoms with Crippen molar-refractivity contribution in [2.45, 2.75) is 9.79 Å². The van der Waals surface area contributed by atoms with Gasteiger partial charge in [0, 0.05) is 42.5 Å². The molecule has 4 aromatic carbocycles. The monoisotopic (exact) mass is 323 g/mol. The number of para-hydroxylation sites is 1. The molecule has 2 heteroatoms. The Morgan fingerprint density at radius 1 is 0.625 bits per heavy atom. The van der Waals surface area contributed by atoms with Crippen LogP contribution in [0.4, 0.5) is 0 Å². The lowest BCUT2D eigenvalue weighted by Crippen LogP contribution is -1.93. The summed E-state index contributed by atoms with van der Waals surface area (Å²) in [6.45, 7) is 0. The summed E-state index contributed by atoms with van der Waals surface area (Å²) in [5.74, 6) is 0. The predicted molar refractivity (Wildman–Crippen MR) is 103 cm³/mol. The van der Waals surface area contributed by atoms with Crippen molar-refractivity contribution in [3.8, 4) is 11.1 Å². The van der Waals surface area contributed by atoms with Crippen molar-refractivity contribution in [1.82, 2.24) is 4.98 Å². The van der Waals surface area contributed by atoms with E-state index in [0.29, 0.717) is 0 Å². The van der Waals surface area contributed by atoms with Gasteiger partial charge in [-0.25, -0.2) is 0 Å². The summed E-state index contributed by atoms with van der Waals surface area (Å²) in [4.78, 5) is 6.28. The number of hydrogen-bond acceptors (Lipinski definition) is 1. The van der Waals surface area contributed by atoms with E-state index in [2.05, 4.69) is 77.8 Å². The molecule has 1 aliphatic heterocycles. The normalized spacial score (nSPS) is 12.8. The van der Waals surface area contributed by atoms with Gasteiger partial charge >= 0.3 is 0 Å². The standard InChI is InChI=1S/C22H13NS/c1-2-9-16-14(7-1)21-17(23-16)11-12-19-22(21)15-8-3-5-13-6-4-10-18(24-19)20(13)15/h1-12,23H. The van der Waals surface area contributed by atoms with Gasteiger partial charge in [-0.15, -0.1) is 0 Å². The smallest absolute Gasteiger partial charge is 0.0471 e. The number of aromatic amines is 1. The molecule has 0 aliphatic carbocycles. The first-order valence-corrected chi connectivity index (χ1v) is 8.95. The maximum atomic E-state index is 3.57. The number of aromatic nitrogens is 1. The lowest BCUT2D eigenvalue weighted by Gasteiger charge is -2.21. The summed E-state index contributed by atoms with van der Waals surface area (Å²) in [7, 11) is 0. The molecule has 0 radical (unpaired) electrons.